The summed E-state index contributed by atoms with van der Waals surface area (Å²) in [6.07, 6.45) is 2.98. The number of ether oxygens (including phenoxy) is 1. The van der Waals surface area contributed by atoms with Gasteiger partial charge in [-0.15, -0.1) is 0 Å². The molecule has 0 radical (unpaired) electrons. The highest BCUT2D eigenvalue weighted by Gasteiger charge is 2.26. The van der Waals surface area contributed by atoms with Crippen molar-refractivity contribution in [2.45, 2.75) is 45.3 Å². The molecule has 108 valence electrons. The average Bonchev–Trinajstić information content (AvgIpc) is 2.94. The van der Waals surface area contributed by atoms with Crippen LogP contribution in [0.1, 0.15) is 57.0 Å². The first-order valence-electron chi connectivity index (χ1n) is 7.17. The quantitative estimate of drug-likeness (QED) is 0.845. The highest BCUT2D eigenvalue weighted by Crippen LogP contribution is 2.22. The first-order chi connectivity index (χ1) is 9.24. The van der Waals surface area contributed by atoms with Crippen LogP contribution in [0.25, 0.3) is 0 Å². The molecule has 0 saturated carbocycles. The number of aromatic nitrogens is 2. The zero-order valence-electron chi connectivity index (χ0n) is 11.8. The Morgan fingerprint density at radius 3 is 3.05 bits per heavy atom. The normalized spacial score (nSPS) is 22.6. The maximum Gasteiger partial charge on any atom is 0.243 e. The molecule has 1 aliphatic rings. The lowest BCUT2D eigenvalue weighted by atomic mass is 10.1. The molecule has 1 fully saturated rings. The third kappa shape index (κ3) is 3.75. The Bertz CT molecular complexity index is 382. The van der Waals surface area contributed by atoms with Crippen LogP contribution in [0.15, 0.2) is 4.52 Å². The highest BCUT2D eigenvalue weighted by molar-refractivity contribution is 4.97. The summed E-state index contributed by atoms with van der Waals surface area (Å²) >= 11 is 0. The van der Waals surface area contributed by atoms with Crippen LogP contribution in [0.3, 0.4) is 0 Å². The maximum absolute atomic E-state index is 6.03. The van der Waals surface area contributed by atoms with Crippen molar-refractivity contribution in [2.75, 3.05) is 26.2 Å². The molecule has 0 spiro atoms. The van der Waals surface area contributed by atoms with Gasteiger partial charge in [0.05, 0.1) is 12.6 Å². The van der Waals surface area contributed by atoms with Gasteiger partial charge in [-0.3, -0.25) is 4.90 Å². The third-order valence-electron chi connectivity index (χ3n) is 3.53. The number of nitrogens with two attached hydrogens (primary N) is 1. The summed E-state index contributed by atoms with van der Waals surface area (Å²) in [6.45, 7) is 7.80. The standard InChI is InChI=1S/C13H24N4O2/c1-3-5-6-10(14)13-15-12(16-19-13)11-9-17(4-2)7-8-18-11/h10-11H,3-9,14H2,1-2H3. The Morgan fingerprint density at radius 2 is 2.32 bits per heavy atom. The summed E-state index contributed by atoms with van der Waals surface area (Å²) < 4.78 is 11.0. The van der Waals surface area contributed by atoms with Gasteiger partial charge in [0, 0.05) is 13.1 Å². The number of likely N-dealkylation sites (N-methyl/N-ethyl adjacent to an activating group) is 1. The van der Waals surface area contributed by atoms with Crippen molar-refractivity contribution in [1.82, 2.24) is 15.0 Å². The maximum atomic E-state index is 6.03. The van der Waals surface area contributed by atoms with E-state index in [9.17, 15) is 0 Å². The minimum absolute atomic E-state index is 0.0930. The summed E-state index contributed by atoms with van der Waals surface area (Å²) in [6, 6.07) is -0.160. The molecule has 2 atom stereocenters. The van der Waals surface area contributed by atoms with E-state index in [1.807, 2.05) is 0 Å². The van der Waals surface area contributed by atoms with Crippen LogP contribution in [0.5, 0.6) is 0 Å². The molecular formula is C13H24N4O2. The molecule has 1 saturated heterocycles. The van der Waals surface area contributed by atoms with E-state index >= 15 is 0 Å². The van der Waals surface area contributed by atoms with Gasteiger partial charge in [0.1, 0.15) is 6.10 Å². The van der Waals surface area contributed by atoms with Crippen molar-refractivity contribution in [2.24, 2.45) is 5.73 Å². The molecule has 0 bridgehead atoms. The van der Waals surface area contributed by atoms with Gasteiger partial charge < -0.3 is 15.0 Å². The lowest BCUT2D eigenvalue weighted by Gasteiger charge is -2.30. The highest BCUT2D eigenvalue weighted by atomic mass is 16.5. The van der Waals surface area contributed by atoms with Crippen molar-refractivity contribution >= 4 is 0 Å². The van der Waals surface area contributed by atoms with Crippen molar-refractivity contribution in [3.63, 3.8) is 0 Å². The molecule has 1 aromatic rings. The van der Waals surface area contributed by atoms with E-state index < -0.39 is 0 Å². The molecule has 0 aromatic carbocycles. The number of nitrogens with zero attached hydrogens (tertiary/aromatic N) is 3. The zero-order chi connectivity index (χ0) is 13.7. The minimum atomic E-state index is -0.160. The Hall–Kier alpha value is -0.980. The lowest BCUT2D eigenvalue weighted by molar-refractivity contribution is -0.0334. The predicted molar refractivity (Wildman–Crippen MR) is 71.6 cm³/mol. The van der Waals surface area contributed by atoms with Gasteiger partial charge >= 0.3 is 0 Å². The molecule has 0 amide bonds. The number of hydrogen-bond acceptors (Lipinski definition) is 6. The smallest absolute Gasteiger partial charge is 0.243 e. The number of rotatable bonds is 6. The van der Waals surface area contributed by atoms with Gasteiger partial charge in [-0.1, -0.05) is 31.8 Å². The Kier molecular flexibility index (Phi) is 5.30. The molecular weight excluding hydrogens is 244 g/mol. The van der Waals surface area contributed by atoms with E-state index in [4.69, 9.17) is 15.0 Å². The first-order valence-corrected chi connectivity index (χ1v) is 7.17. The first kappa shape index (κ1) is 14.4. The topological polar surface area (TPSA) is 77.4 Å². The second-order valence-corrected chi connectivity index (χ2v) is 4.99. The molecule has 1 aliphatic heterocycles. The van der Waals surface area contributed by atoms with Crippen molar-refractivity contribution < 1.29 is 9.26 Å². The van der Waals surface area contributed by atoms with Gasteiger partial charge in [-0.25, -0.2) is 0 Å². The van der Waals surface area contributed by atoms with E-state index in [1.165, 1.54) is 0 Å². The van der Waals surface area contributed by atoms with Gasteiger partial charge in [-0.2, -0.15) is 4.98 Å². The fourth-order valence-corrected chi connectivity index (χ4v) is 2.22. The summed E-state index contributed by atoms with van der Waals surface area (Å²) in [7, 11) is 0. The molecule has 2 rings (SSSR count). The van der Waals surface area contributed by atoms with Gasteiger partial charge in [0.2, 0.25) is 11.7 Å². The second kappa shape index (κ2) is 6.98. The van der Waals surface area contributed by atoms with Crippen molar-refractivity contribution in [1.29, 1.82) is 0 Å². The van der Waals surface area contributed by atoms with Crippen molar-refractivity contribution in [3.05, 3.63) is 11.7 Å². The summed E-state index contributed by atoms with van der Waals surface area (Å²) in [5.74, 6) is 1.15. The van der Waals surface area contributed by atoms with E-state index in [1.54, 1.807) is 0 Å². The predicted octanol–water partition coefficient (Wildman–Crippen LogP) is 1.65. The SMILES string of the molecule is CCCCC(N)c1nc(C2CN(CC)CCO2)no1. The van der Waals surface area contributed by atoms with Crippen LogP contribution >= 0.6 is 0 Å². The third-order valence-corrected chi connectivity index (χ3v) is 3.53. The van der Waals surface area contributed by atoms with E-state index in [2.05, 4.69) is 28.9 Å². The monoisotopic (exact) mass is 268 g/mol. The molecule has 1 aromatic heterocycles. The van der Waals surface area contributed by atoms with Gasteiger partial charge in [0.15, 0.2) is 0 Å². The molecule has 2 N–H and O–H groups in total. The lowest BCUT2D eigenvalue weighted by Crippen LogP contribution is -2.38. The zero-order valence-corrected chi connectivity index (χ0v) is 11.8. The van der Waals surface area contributed by atoms with Gasteiger partial charge in [-0.05, 0) is 13.0 Å². The number of unbranched alkanes of at least 4 members (excludes halogenated alkanes) is 1. The van der Waals surface area contributed by atoms with Crippen LogP contribution in [-0.2, 0) is 4.74 Å². The Balaban J connectivity index is 1.96. The van der Waals surface area contributed by atoms with Crippen LogP contribution in [-0.4, -0.2) is 41.3 Å². The Labute approximate surface area is 114 Å². The second-order valence-electron chi connectivity index (χ2n) is 4.99. The summed E-state index contributed by atoms with van der Waals surface area (Å²) in [4.78, 5) is 6.72. The Morgan fingerprint density at radius 1 is 1.47 bits per heavy atom. The summed E-state index contributed by atoms with van der Waals surface area (Å²) in [5.41, 5.74) is 6.03. The number of morpholine rings is 1. The minimum Gasteiger partial charge on any atom is -0.367 e. The molecule has 6 nitrogen and oxygen atoms in total. The van der Waals surface area contributed by atoms with E-state index in [0.717, 1.165) is 38.9 Å². The van der Waals surface area contributed by atoms with E-state index in [0.29, 0.717) is 18.3 Å². The largest absolute Gasteiger partial charge is 0.367 e. The van der Waals surface area contributed by atoms with Crippen LogP contribution in [0.4, 0.5) is 0 Å². The van der Waals surface area contributed by atoms with Gasteiger partial charge in [0.25, 0.3) is 0 Å². The molecule has 19 heavy (non-hydrogen) atoms. The molecule has 6 heteroatoms. The van der Waals surface area contributed by atoms with Crippen molar-refractivity contribution in [3.8, 4) is 0 Å². The van der Waals surface area contributed by atoms with Crippen LogP contribution in [0.2, 0.25) is 0 Å². The van der Waals surface area contributed by atoms with E-state index in [-0.39, 0.29) is 12.1 Å². The molecule has 2 unspecified atom stereocenters. The molecule has 0 aliphatic carbocycles. The summed E-state index contributed by atoms with van der Waals surface area (Å²) in [5, 5.41) is 4.02. The average molecular weight is 268 g/mol. The fraction of sp³-hybridized carbons (Fsp3) is 0.846. The fourth-order valence-electron chi connectivity index (χ4n) is 2.22. The van der Waals surface area contributed by atoms with Crippen LogP contribution < -0.4 is 5.73 Å². The molecule has 2 heterocycles. The number of hydrogen-bond donors (Lipinski definition) is 1. The van der Waals surface area contributed by atoms with Crippen LogP contribution in [0, 0.1) is 0 Å².